The Labute approximate surface area is 154 Å². The van der Waals surface area contributed by atoms with Gasteiger partial charge in [-0.05, 0) is 67.4 Å². The molecule has 0 radical (unpaired) electrons. The van der Waals surface area contributed by atoms with Crippen LogP contribution < -0.4 is 0 Å². The molecule has 136 valence electrons. The maximum atomic E-state index is 12.0. The number of carbonyl (C=O) groups excluding carboxylic acids is 2. The molecule has 4 fully saturated rings. The summed E-state index contributed by atoms with van der Waals surface area (Å²) in [5.74, 6) is 3.14. The number of hydrogen-bond acceptors (Lipinski definition) is 3. The highest BCUT2D eigenvalue weighted by Gasteiger charge is 2.70. The quantitative estimate of drug-likeness (QED) is 0.490. The second kappa shape index (κ2) is 4.43. The Morgan fingerprint density at radius 3 is 2.77 bits per heavy atom. The molecule has 3 nitrogen and oxygen atoms in total. The lowest BCUT2D eigenvalue weighted by Gasteiger charge is -2.55. The van der Waals surface area contributed by atoms with E-state index in [9.17, 15) is 9.59 Å². The maximum Gasteiger partial charge on any atom is 0.306 e. The average molecular weight is 350 g/mol. The third-order valence-electron chi connectivity index (χ3n) is 9.12. The fourth-order valence-corrected chi connectivity index (χ4v) is 7.71. The first-order valence-electron chi connectivity index (χ1n) is 10.2. The number of hydrogen-bond donors (Lipinski definition) is 0. The SMILES string of the molecule is CC12C=CC(=O)C=C1C1CC1C1C2C=CC2(C)C1CC[C@@]21CCC(=O)O1. The summed E-state index contributed by atoms with van der Waals surface area (Å²) in [4.78, 5) is 23.9. The van der Waals surface area contributed by atoms with Crippen LogP contribution in [0.2, 0.25) is 0 Å². The Hall–Kier alpha value is -1.64. The van der Waals surface area contributed by atoms with Crippen LogP contribution in [0.5, 0.6) is 0 Å². The first-order chi connectivity index (χ1) is 12.4. The Morgan fingerprint density at radius 2 is 2.00 bits per heavy atom. The van der Waals surface area contributed by atoms with E-state index in [0.717, 1.165) is 19.3 Å². The number of ether oxygens (including phenoxy) is 1. The van der Waals surface area contributed by atoms with Crippen LogP contribution in [0.4, 0.5) is 0 Å². The van der Waals surface area contributed by atoms with Gasteiger partial charge >= 0.3 is 5.97 Å². The Morgan fingerprint density at radius 1 is 1.15 bits per heavy atom. The predicted molar refractivity (Wildman–Crippen MR) is 96.9 cm³/mol. The van der Waals surface area contributed by atoms with Gasteiger partial charge in [-0.25, -0.2) is 0 Å². The number of esters is 1. The highest BCUT2D eigenvalue weighted by atomic mass is 16.6. The number of ketones is 1. The molecule has 1 aliphatic heterocycles. The zero-order valence-electron chi connectivity index (χ0n) is 15.5. The van der Waals surface area contributed by atoms with Gasteiger partial charge in [-0.1, -0.05) is 37.6 Å². The summed E-state index contributed by atoms with van der Waals surface area (Å²) in [5, 5.41) is 0. The van der Waals surface area contributed by atoms with Crippen molar-refractivity contribution in [2.24, 2.45) is 40.4 Å². The Balaban J connectivity index is 1.47. The van der Waals surface area contributed by atoms with Crippen LogP contribution in [0.25, 0.3) is 0 Å². The van der Waals surface area contributed by atoms with Gasteiger partial charge in [-0.3, -0.25) is 9.59 Å². The van der Waals surface area contributed by atoms with Gasteiger partial charge in [0.05, 0.1) is 0 Å². The number of carbonyl (C=O) groups is 2. The molecule has 1 spiro atoms. The van der Waals surface area contributed by atoms with Crippen LogP contribution in [0, 0.1) is 40.4 Å². The lowest BCUT2D eigenvalue weighted by atomic mass is 9.50. The van der Waals surface area contributed by atoms with Crippen LogP contribution in [-0.4, -0.2) is 17.4 Å². The monoisotopic (exact) mass is 350 g/mol. The van der Waals surface area contributed by atoms with Crippen molar-refractivity contribution in [1.82, 2.24) is 0 Å². The van der Waals surface area contributed by atoms with Gasteiger partial charge in [0.1, 0.15) is 5.60 Å². The molecule has 1 heterocycles. The van der Waals surface area contributed by atoms with E-state index in [4.69, 9.17) is 4.74 Å². The molecule has 0 aromatic rings. The highest BCUT2D eigenvalue weighted by molar-refractivity contribution is 6.01. The topological polar surface area (TPSA) is 43.4 Å². The molecule has 6 aliphatic rings. The van der Waals surface area contributed by atoms with Crippen LogP contribution in [-0.2, 0) is 14.3 Å². The molecule has 0 aromatic heterocycles. The van der Waals surface area contributed by atoms with Crippen molar-refractivity contribution in [1.29, 1.82) is 0 Å². The molecule has 8 atom stereocenters. The minimum atomic E-state index is -0.268. The van der Waals surface area contributed by atoms with Gasteiger partial charge in [0.2, 0.25) is 0 Å². The molecule has 0 bridgehead atoms. The van der Waals surface area contributed by atoms with E-state index in [-0.39, 0.29) is 28.2 Å². The van der Waals surface area contributed by atoms with Gasteiger partial charge in [-0.2, -0.15) is 0 Å². The van der Waals surface area contributed by atoms with Gasteiger partial charge < -0.3 is 4.74 Å². The van der Waals surface area contributed by atoms with E-state index >= 15 is 0 Å². The normalized spacial score (nSPS) is 55.8. The van der Waals surface area contributed by atoms with Gasteiger partial charge in [0, 0.05) is 17.3 Å². The summed E-state index contributed by atoms with van der Waals surface area (Å²) in [6.07, 6.45) is 15.6. The second-order valence-electron chi connectivity index (χ2n) is 9.98. The lowest BCUT2D eigenvalue weighted by molar-refractivity contribution is -0.157. The predicted octanol–water partition coefficient (Wildman–Crippen LogP) is 4.00. The van der Waals surface area contributed by atoms with Crippen LogP contribution >= 0.6 is 0 Å². The summed E-state index contributed by atoms with van der Waals surface area (Å²) in [5.41, 5.74) is 1.07. The second-order valence-corrected chi connectivity index (χ2v) is 9.98. The Kier molecular flexibility index (Phi) is 2.63. The summed E-state index contributed by atoms with van der Waals surface area (Å²) in [6, 6.07) is 0. The van der Waals surface area contributed by atoms with E-state index in [1.54, 1.807) is 6.08 Å². The van der Waals surface area contributed by atoms with Gasteiger partial charge in [-0.15, -0.1) is 0 Å². The molecule has 3 saturated carbocycles. The Bertz CT molecular complexity index is 834. The molecule has 0 amide bonds. The number of allylic oxidation sites excluding steroid dienone is 5. The van der Waals surface area contributed by atoms with E-state index in [2.05, 4.69) is 32.1 Å². The largest absolute Gasteiger partial charge is 0.458 e. The molecule has 26 heavy (non-hydrogen) atoms. The molecular weight excluding hydrogens is 324 g/mol. The van der Waals surface area contributed by atoms with Gasteiger partial charge in [0.15, 0.2) is 5.78 Å². The third-order valence-corrected chi connectivity index (χ3v) is 9.12. The molecule has 5 aliphatic carbocycles. The number of rotatable bonds is 0. The molecule has 6 rings (SSSR count). The van der Waals surface area contributed by atoms with E-state index in [1.165, 1.54) is 12.0 Å². The lowest BCUT2D eigenvalue weighted by Crippen LogP contribution is -2.52. The summed E-state index contributed by atoms with van der Waals surface area (Å²) >= 11 is 0. The first-order valence-corrected chi connectivity index (χ1v) is 10.2. The van der Waals surface area contributed by atoms with Crippen molar-refractivity contribution in [2.45, 2.75) is 51.6 Å². The fraction of sp³-hybridized carbons (Fsp3) is 0.652. The minimum absolute atomic E-state index is 0.0127. The van der Waals surface area contributed by atoms with Crippen molar-refractivity contribution >= 4 is 11.8 Å². The highest BCUT2D eigenvalue weighted by Crippen LogP contribution is 2.73. The number of fused-ring (bicyclic) bond motifs is 9. The molecule has 1 saturated heterocycles. The van der Waals surface area contributed by atoms with E-state index < -0.39 is 0 Å². The van der Waals surface area contributed by atoms with E-state index in [1.807, 2.05) is 6.08 Å². The molecule has 3 heteroatoms. The van der Waals surface area contributed by atoms with Crippen molar-refractivity contribution in [2.75, 3.05) is 0 Å². The average Bonchev–Trinajstić information content (AvgIpc) is 3.23. The maximum absolute atomic E-state index is 12.0. The summed E-state index contributed by atoms with van der Waals surface area (Å²) < 4.78 is 6.00. The zero-order valence-corrected chi connectivity index (χ0v) is 15.5. The summed E-state index contributed by atoms with van der Waals surface area (Å²) in [7, 11) is 0. The van der Waals surface area contributed by atoms with E-state index in [0.29, 0.717) is 36.0 Å². The van der Waals surface area contributed by atoms with Crippen LogP contribution in [0.3, 0.4) is 0 Å². The molecular formula is C23H26O3. The molecule has 7 unspecified atom stereocenters. The first kappa shape index (κ1) is 15.4. The molecule has 0 N–H and O–H groups in total. The third kappa shape index (κ3) is 1.58. The van der Waals surface area contributed by atoms with Gasteiger partial charge in [0.25, 0.3) is 0 Å². The minimum Gasteiger partial charge on any atom is -0.458 e. The molecule has 0 aromatic carbocycles. The van der Waals surface area contributed by atoms with Crippen molar-refractivity contribution in [3.05, 3.63) is 36.0 Å². The fourth-order valence-electron chi connectivity index (χ4n) is 7.71. The zero-order chi connectivity index (χ0) is 17.9. The summed E-state index contributed by atoms with van der Waals surface area (Å²) in [6.45, 7) is 4.68. The van der Waals surface area contributed by atoms with Crippen molar-refractivity contribution < 1.29 is 14.3 Å². The van der Waals surface area contributed by atoms with Crippen molar-refractivity contribution in [3.8, 4) is 0 Å². The smallest absolute Gasteiger partial charge is 0.306 e. The van der Waals surface area contributed by atoms with Crippen LogP contribution in [0.15, 0.2) is 36.0 Å². The van der Waals surface area contributed by atoms with Crippen LogP contribution in [0.1, 0.15) is 46.0 Å². The van der Waals surface area contributed by atoms with Crippen molar-refractivity contribution in [3.63, 3.8) is 0 Å². The standard InChI is InChI=1S/C23H26O3/c1-21-7-3-13(24)11-18(21)14-12-15(14)20-16(21)4-8-22(2)17(20)5-9-23(22)10-6-19(25)26-23/h3-4,7-8,11,14-17,20H,5-6,9-10,12H2,1-2H3/t14?,15?,16?,17?,20?,21?,22?,23-/m1/s1.